The van der Waals surface area contributed by atoms with Crippen LogP contribution in [0.4, 0.5) is 0 Å². The SMILES string of the molecule is O=C(/C=C/c1ccc(O)cc1)OC[C@@H]1O[CH][C@H](O)[C@H]1O. The van der Waals surface area contributed by atoms with Crippen LogP contribution in [-0.2, 0) is 14.3 Å². The molecule has 1 fully saturated rings. The average molecular weight is 279 g/mol. The van der Waals surface area contributed by atoms with Gasteiger partial charge in [-0.3, -0.25) is 0 Å². The Bertz CT molecular complexity index is 481. The van der Waals surface area contributed by atoms with Crippen molar-refractivity contribution in [3.05, 3.63) is 42.5 Å². The fraction of sp³-hybridized carbons (Fsp3) is 0.286. The van der Waals surface area contributed by atoms with Crippen molar-refractivity contribution >= 4 is 12.0 Å². The maximum Gasteiger partial charge on any atom is 0.330 e. The standard InChI is InChI=1S/C14H15O6/c15-10-4-1-9(2-5-10)3-6-13(17)20-8-12-14(18)11(16)7-19-12/h1-7,11-12,14-16,18H,8H2/b6-3+/t11-,12-,14+/m0/s1. The number of benzene rings is 1. The van der Waals surface area contributed by atoms with Gasteiger partial charge in [-0.1, -0.05) is 12.1 Å². The van der Waals surface area contributed by atoms with E-state index in [0.717, 1.165) is 12.2 Å². The van der Waals surface area contributed by atoms with Gasteiger partial charge >= 0.3 is 5.97 Å². The third kappa shape index (κ3) is 3.80. The summed E-state index contributed by atoms with van der Waals surface area (Å²) in [4.78, 5) is 11.5. The third-order valence-electron chi connectivity index (χ3n) is 2.82. The monoisotopic (exact) mass is 279 g/mol. The molecule has 1 aromatic carbocycles. The van der Waals surface area contributed by atoms with E-state index in [1.807, 2.05) is 0 Å². The van der Waals surface area contributed by atoms with Gasteiger partial charge in [0.25, 0.3) is 0 Å². The average Bonchev–Trinajstić information content (AvgIpc) is 2.76. The molecular formula is C14H15O6. The molecule has 0 unspecified atom stereocenters. The topological polar surface area (TPSA) is 96.2 Å². The predicted molar refractivity (Wildman–Crippen MR) is 69.3 cm³/mol. The highest BCUT2D eigenvalue weighted by molar-refractivity contribution is 5.87. The first kappa shape index (κ1) is 14.5. The molecule has 6 heteroatoms. The Labute approximate surface area is 115 Å². The van der Waals surface area contributed by atoms with Crippen molar-refractivity contribution in [2.75, 3.05) is 6.61 Å². The van der Waals surface area contributed by atoms with E-state index in [1.165, 1.54) is 24.3 Å². The lowest BCUT2D eigenvalue weighted by Gasteiger charge is -2.13. The maximum atomic E-state index is 11.5. The number of esters is 1. The molecule has 0 amide bonds. The Balaban J connectivity index is 1.79. The van der Waals surface area contributed by atoms with Gasteiger partial charge < -0.3 is 24.8 Å². The zero-order valence-corrected chi connectivity index (χ0v) is 10.5. The van der Waals surface area contributed by atoms with Gasteiger partial charge in [-0.05, 0) is 23.8 Å². The van der Waals surface area contributed by atoms with Gasteiger partial charge in [0.1, 0.15) is 37.3 Å². The summed E-state index contributed by atoms with van der Waals surface area (Å²) in [5, 5.41) is 27.8. The highest BCUT2D eigenvalue weighted by Crippen LogP contribution is 2.18. The van der Waals surface area contributed by atoms with Crippen LogP contribution in [0.25, 0.3) is 6.08 Å². The zero-order chi connectivity index (χ0) is 14.5. The maximum absolute atomic E-state index is 11.5. The predicted octanol–water partition coefficient (Wildman–Crippen LogP) is 0.231. The van der Waals surface area contributed by atoms with Gasteiger partial charge in [-0.15, -0.1) is 0 Å². The van der Waals surface area contributed by atoms with Crippen LogP contribution in [-0.4, -0.2) is 46.2 Å². The number of carbonyl (C=O) groups excluding carboxylic acids is 1. The summed E-state index contributed by atoms with van der Waals surface area (Å²) in [5.74, 6) is -0.442. The van der Waals surface area contributed by atoms with E-state index in [-0.39, 0.29) is 12.4 Å². The summed E-state index contributed by atoms with van der Waals surface area (Å²) in [6, 6.07) is 6.30. The first-order valence-corrected chi connectivity index (χ1v) is 6.05. The quantitative estimate of drug-likeness (QED) is 0.539. The van der Waals surface area contributed by atoms with Crippen molar-refractivity contribution in [1.29, 1.82) is 0 Å². The van der Waals surface area contributed by atoms with Crippen LogP contribution in [0.1, 0.15) is 5.56 Å². The molecule has 0 aromatic heterocycles. The summed E-state index contributed by atoms with van der Waals surface area (Å²) >= 11 is 0. The molecule has 1 radical (unpaired) electrons. The summed E-state index contributed by atoms with van der Waals surface area (Å²) < 4.78 is 9.85. The number of hydrogen-bond donors (Lipinski definition) is 3. The minimum atomic E-state index is -1.09. The number of phenols is 1. The molecule has 0 spiro atoms. The minimum absolute atomic E-state index is 0.145. The van der Waals surface area contributed by atoms with Gasteiger partial charge in [0.15, 0.2) is 0 Å². The summed E-state index contributed by atoms with van der Waals surface area (Å²) in [6.07, 6.45) is -0.145. The van der Waals surface area contributed by atoms with Gasteiger partial charge in [0, 0.05) is 6.08 Å². The second-order valence-electron chi connectivity index (χ2n) is 4.35. The molecule has 1 aliphatic rings. The number of carbonyl (C=O) groups is 1. The molecule has 20 heavy (non-hydrogen) atoms. The first-order chi connectivity index (χ1) is 9.56. The van der Waals surface area contributed by atoms with E-state index < -0.39 is 24.3 Å². The number of aliphatic hydroxyl groups excluding tert-OH is 2. The van der Waals surface area contributed by atoms with Crippen molar-refractivity contribution in [3.8, 4) is 5.75 Å². The van der Waals surface area contributed by atoms with Crippen LogP contribution < -0.4 is 0 Å². The fourth-order valence-electron chi connectivity index (χ4n) is 1.66. The highest BCUT2D eigenvalue weighted by atomic mass is 16.6. The second kappa shape index (κ2) is 6.51. The Kier molecular flexibility index (Phi) is 4.73. The lowest BCUT2D eigenvalue weighted by atomic mass is 10.2. The van der Waals surface area contributed by atoms with E-state index in [1.54, 1.807) is 12.1 Å². The molecule has 1 aliphatic heterocycles. The third-order valence-corrected chi connectivity index (χ3v) is 2.82. The molecule has 1 aromatic rings. The van der Waals surface area contributed by atoms with Crippen LogP contribution in [0.5, 0.6) is 5.75 Å². The lowest BCUT2D eigenvalue weighted by Crippen LogP contribution is -2.33. The van der Waals surface area contributed by atoms with E-state index in [4.69, 9.17) is 14.6 Å². The number of rotatable bonds is 4. The Morgan fingerprint density at radius 3 is 2.60 bits per heavy atom. The Morgan fingerprint density at radius 1 is 1.30 bits per heavy atom. The molecule has 0 aliphatic carbocycles. The van der Waals surface area contributed by atoms with Crippen molar-refractivity contribution in [2.24, 2.45) is 0 Å². The molecule has 107 valence electrons. The fourth-order valence-corrected chi connectivity index (χ4v) is 1.66. The van der Waals surface area contributed by atoms with E-state index in [0.29, 0.717) is 0 Å². The van der Waals surface area contributed by atoms with E-state index >= 15 is 0 Å². The van der Waals surface area contributed by atoms with Crippen LogP contribution in [0.2, 0.25) is 0 Å². The van der Waals surface area contributed by atoms with Crippen LogP contribution in [0.3, 0.4) is 0 Å². The van der Waals surface area contributed by atoms with E-state index in [2.05, 4.69) is 0 Å². The van der Waals surface area contributed by atoms with Gasteiger partial charge in [0.2, 0.25) is 0 Å². The molecule has 1 heterocycles. The molecule has 0 saturated carbocycles. The lowest BCUT2D eigenvalue weighted by molar-refractivity contribution is -0.142. The normalized spacial score (nSPS) is 26.0. The summed E-state index contributed by atoms with van der Waals surface area (Å²) in [5.41, 5.74) is 0.737. The minimum Gasteiger partial charge on any atom is -0.508 e. The molecule has 3 N–H and O–H groups in total. The molecule has 1 saturated heterocycles. The Morgan fingerprint density at radius 2 is 2.00 bits per heavy atom. The first-order valence-electron chi connectivity index (χ1n) is 6.05. The van der Waals surface area contributed by atoms with Gasteiger partial charge in [-0.25, -0.2) is 4.79 Å². The highest BCUT2D eigenvalue weighted by Gasteiger charge is 2.35. The van der Waals surface area contributed by atoms with Gasteiger partial charge in [-0.2, -0.15) is 0 Å². The van der Waals surface area contributed by atoms with E-state index in [9.17, 15) is 15.0 Å². The van der Waals surface area contributed by atoms with Crippen LogP contribution in [0.15, 0.2) is 30.3 Å². The molecular weight excluding hydrogens is 264 g/mol. The summed E-state index contributed by atoms with van der Waals surface area (Å²) in [7, 11) is 0. The molecule has 6 nitrogen and oxygen atoms in total. The van der Waals surface area contributed by atoms with Crippen molar-refractivity contribution < 1.29 is 29.6 Å². The summed E-state index contributed by atoms with van der Waals surface area (Å²) in [6.45, 7) is 0.961. The van der Waals surface area contributed by atoms with Crippen molar-refractivity contribution in [2.45, 2.75) is 18.3 Å². The number of aromatic hydroxyl groups is 1. The van der Waals surface area contributed by atoms with Crippen molar-refractivity contribution in [1.82, 2.24) is 0 Å². The number of hydrogen-bond acceptors (Lipinski definition) is 6. The molecule has 0 bridgehead atoms. The number of aliphatic hydroxyl groups is 2. The molecule has 3 atom stereocenters. The number of phenolic OH excluding ortho intramolecular Hbond substituents is 1. The van der Waals surface area contributed by atoms with Gasteiger partial charge in [0.05, 0.1) is 0 Å². The molecule has 2 rings (SSSR count). The second-order valence-corrected chi connectivity index (χ2v) is 4.35. The van der Waals surface area contributed by atoms with Crippen LogP contribution in [0, 0.1) is 6.61 Å². The van der Waals surface area contributed by atoms with Crippen molar-refractivity contribution in [3.63, 3.8) is 0 Å². The number of ether oxygens (including phenoxy) is 2. The zero-order valence-electron chi connectivity index (χ0n) is 10.5. The van der Waals surface area contributed by atoms with Crippen LogP contribution >= 0.6 is 0 Å². The largest absolute Gasteiger partial charge is 0.508 e. The Hall–Kier alpha value is -1.89. The smallest absolute Gasteiger partial charge is 0.330 e.